The maximum atomic E-state index is 13.7. The molecule has 0 aliphatic heterocycles. The molecule has 2 N–H and O–H groups in total. The zero-order valence-corrected chi connectivity index (χ0v) is 11.7. The van der Waals surface area contributed by atoms with E-state index < -0.39 is 5.82 Å². The third kappa shape index (κ3) is 2.58. The summed E-state index contributed by atoms with van der Waals surface area (Å²) in [6, 6.07) is 4.64. The third-order valence-corrected chi connectivity index (χ3v) is 2.91. The first kappa shape index (κ1) is 13.5. The molecule has 2 rings (SSSR count). The number of rotatable bonds is 3. The first-order valence-electron chi connectivity index (χ1n) is 5.67. The predicted octanol–water partition coefficient (Wildman–Crippen LogP) is 2.60. The fraction of sp³-hybridized carbons (Fsp3) is 0.231. The Morgan fingerprint density at radius 3 is 2.74 bits per heavy atom. The molecule has 0 fully saturated rings. The van der Waals surface area contributed by atoms with Gasteiger partial charge < -0.3 is 10.5 Å². The summed E-state index contributed by atoms with van der Waals surface area (Å²) in [5, 5.41) is 4.18. The number of hydrogen-bond donors (Lipinski definition) is 1. The van der Waals surface area contributed by atoms with Gasteiger partial charge in [0.25, 0.3) is 0 Å². The summed E-state index contributed by atoms with van der Waals surface area (Å²) in [5.74, 6) is 0.0216. The molecule has 0 aliphatic rings. The number of nitrogens with two attached hydrogens (primary N) is 1. The van der Waals surface area contributed by atoms with Gasteiger partial charge in [-0.05, 0) is 31.5 Å². The molecule has 19 heavy (non-hydrogen) atoms. The number of thiocarbonyl (C=S) groups is 1. The predicted molar refractivity (Wildman–Crippen MR) is 75.0 cm³/mol. The lowest BCUT2D eigenvalue weighted by atomic mass is 10.2. The Balaban J connectivity index is 2.49. The summed E-state index contributed by atoms with van der Waals surface area (Å²) in [6.07, 6.45) is 0. The molecule has 0 amide bonds. The molecule has 6 heteroatoms. The van der Waals surface area contributed by atoms with Gasteiger partial charge in [0, 0.05) is 7.05 Å². The molecule has 2 aromatic rings. The normalized spacial score (nSPS) is 10.5. The van der Waals surface area contributed by atoms with Crippen molar-refractivity contribution in [1.82, 2.24) is 9.78 Å². The van der Waals surface area contributed by atoms with Crippen LogP contribution in [0.25, 0.3) is 0 Å². The van der Waals surface area contributed by atoms with Crippen LogP contribution in [0.2, 0.25) is 0 Å². The molecule has 0 unspecified atom stereocenters. The van der Waals surface area contributed by atoms with Gasteiger partial charge in [-0.15, -0.1) is 0 Å². The van der Waals surface area contributed by atoms with E-state index in [9.17, 15) is 4.39 Å². The summed E-state index contributed by atoms with van der Waals surface area (Å²) in [5.41, 5.74) is 7.73. The Kier molecular flexibility index (Phi) is 3.53. The van der Waals surface area contributed by atoms with Crippen molar-refractivity contribution < 1.29 is 9.13 Å². The molecule has 0 bridgehead atoms. The summed E-state index contributed by atoms with van der Waals surface area (Å²) >= 11 is 4.98. The van der Waals surface area contributed by atoms with Crippen molar-refractivity contribution in [2.45, 2.75) is 13.8 Å². The molecule has 1 aromatic heterocycles. The van der Waals surface area contributed by atoms with Gasteiger partial charge >= 0.3 is 0 Å². The van der Waals surface area contributed by atoms with E-state index in [1.165, 1.54) is 10.7 Å². The van der Waals surface area contributed by atoms with E-state index in [1.807, 2.05) is 6.92 Å². The maximum absolute atomic E-state index is 13.7. The van der Waals surface area contributed by atoms with Crippen LogP contribution in [0.1, 0.15) is 16.8 Å². The third-order valence-electron chi connectivity index (χ3n) is 2.71. The molecule has 0 saturated carbocycles. The monoisotopic (exact) mass is 279 g/mol. The van der Waals surface area contributed by atoms with Crippen molar-refractivity contribution in [2.75, 3.05) is 0 Å². The summed E-state index contributed by atoms with van der Waals surface area (Å²) < 4.78 is 20.8. The van der Waals surface area contributed by atoms with Crippen molar-refractivity contribution in [1.29, 1.82) is 0 Å². The van der Waals surface area contributed by atoms with E-state index in [0.717, 1.165) is 5.56 Å². The van der Waals surface area contributed by atoms with E-state index in [2.05, 4.69) is 5.10 Å². The number of ether oxygens (including phenoxy) is 1. The fourth-order valence-corrected chi connectivity index (χ4v) is 2.07. The lowest BCUT2D eigenvalue weighted by molar-refractivity contribution is 0.402. The highest BCUT2D eigenvalue weighted by molar-refractivity contribution is 7.80. The quantitative estimate of drug-likeness (QED) is 0.877. The van der Waals surface area contributed by atoms with E-state index in [0.29, 0.717) is 17.1 Å². The molecule has 1 aromatic carbocycles. The first-order valence-corrected chi connectivity index (χ1v) is 6.08. The molecule has 4 nitrogen and oxygen atoms in total. The number of nitrogens with zero attached hydrogens (tertiary/aromatic N) is 2. The van der Waals surface area contributed by atoms with E-state index in [-0.39, 0.29) is 10.7 Å². The maximum Gasteiger partial charge on any atom is 0.228 e. The Morgan fingerprint density at radius 1 is 1.42 bits per heavy atom. The van der Waals surface area contributed by atoms with Crippen LogP contribution in [0, 0.1) is 19.7 Å². The number of aryl methyl sites for hydroxylation is 3. The summed E-state index contributed by atoms with van der Waals surface area (Å²) in [6.45, 7) is 3.63. The molecule has 0 spiro atoms. The van der Waals surface area contributed by atoms with Gasteiger partial charge in [0.05, 0.1) is 11.3 Å². The first-order chi connectivity index (χ1) is 8.90. The van der Waals surface area contributed by atoms with Crippen molar-refractivity contribution in [3.05, 3.63) is 40.8 Å². The Hall–Kier alpha value is -1.95. The topological polar surface area (TPSA) is 53.1 Å². The molecule has 0 radical (unpaired) electrons. The Bertz CT molecular complexity index is 652. The van der Waals surface area contributed by atoms with Crippen molar-refractivity contribution in [2.24, 2.45) is 12.8 Å². The van der Waals surface area contributed by atoms with E-state index in [1.54, 1.807) is 26.1 Å². The summed E-state index contributed by atoms with van der Waals surface area (Å²) in [4.78, 5) is 0.175. The average molecular weight is 279 g/mol. The minimum atomic E-state index is -0.446. The molecule has 0 atom stereocenters. The lowest BCUT2D eigenvalue weighted by Crippen LogP contribution is -2.11. The van der Waals surface area contributed by atoms with Crippen molar-refractivity contribution in [3.63, 3.8) is 0 Å². The Labute approximate surface area is 116 Å². The molecule has 0 aliphatic carbocycles. The molecule has 1 heterocycles. The van der Waals surface area contributed by atoms with Crippen LogP contribution in [-0.2, 0) is 7.05 Å². The highest BCUT2D eigenvalue weighted by Crippen LogP contribution is 2.29. The SMILES string of the molecule is Cc1ccc(F)c(Oc2c(C(N)=S)c(C)nn2C)c1. The summed E-state index contributed by atoms with van der Waals surface area (Å²) in [7, 11) is 1.69. The largest absolute Gasteiger partial charge is 0.435 e. The average Bonchev–Trinajstić information content (AvgIpc) is 2.59. The van der Waals surface area contributed by atoms with Crippen LogP contribution < -0.4 is 10.5 Å². The van der Waals surface area contributed by atoms with Crippen LogP contribution in [0.4, 0.5) is 4.39 Å². The second-order valence-electron chi connectivity index (χ2n) is 4.29. The van der Waals surface area contributed by atoms with Crippen molar-refractivity contribution >= 4 is 17.2 Å². The molecule has 100 valence electrons. The van der Waals surface area contributed by atoms with Gasteiger partial charge in [-0.2, -0.15) is 5.10 Å². The molecular weight excluding hydrogens is 265 g/mol. The number of hydrogen-bond acceptors (Lipinski definition) is 3. The second-order valence-corrected chi connectivity index (χ2v) is 4.73. The fourth-order valence-electron chi connectivity index (χ4n) is 1.83. The van der Waals surface area contributed by atoms with Crippen LogP contribution in [0.3, 0.4) is 0 Å². The highest BCUT2D eigenvalue weighted by atomic mass is 32.1. The molecular formula is C13H14FN3OS. The van der Waals surface area contributed by atoms with Gasteiger partial charge in [-0.3, -0.25) is 0 Å². The van der Waals surface area contributed by atoms with Gasteiger partial charge in [-0.25, -0.2) is 9.07 Å². The standard InChI is InChI=1S/C13H14FN3OS/c1-7-4-5-9(14)10(6-7)18-13-11(12(15)19)8(2)16-17(13)3/h4-6H,1-3H3,(H2,15,19). The van der Waals surface area contributed by atoms with Crippen LogP contribution in [0.5, 0.6) is 11.6 Å². The van der Waals surface area contributed by atoms with E-state index >= 15 is 0 Å². The van der Waals surface area contributed by atoms with Gasteiger partial charge in [0.2, 0.25) is 5.88 Å². The van der Waals surface area contributed by atoms with Gasteiger partial charge in [0.15, 0.2) is 11.6 Å². The highest BCUT2D eigenvalue weighted by Gasteiger charge is 2.19. The van der Waals surface area contributed by atoms with Crippen LogP contribution in [-0.4, -0.2) is 14.8 Å². The number of benzene rings is 1. The number of aromatic nitrogens is 2. The second kappa shape index (κ2) is 4.97. The van der Waals surface area contributed by atoms with Crippen molar-refractivity contribution in [3.8, 4) is 11.6 Å². The minimum Gasteiger partial charge on any atom is -0.435 e. The smallest absolute Gasteiger partial charge is 0.228 e. The van der Waals surface area contributed by atoms with E-state index in [4.69, 9.17) is 22.7 Å². The van der Waals surface area contributed by atoms with Crippen LogP contribution in [0.15, 0.2) is 18.2 Å². The van der Waals surface area contributed by atoms with Gasteiger partial charge in [-0.1, -0.05) is 18.3 Å². The zero-order valence-electron chi connectivity index (χ0n) is 10.9. The Morgan fingerprint density at radius 2 is 2.11 bits per heavy atom. The lowest BCUT2D eigenvalue weighted by Gasteiger charge is -2.09. The zero-order chi connectivity index (χ0) is 14.2. The van der Waals surface area contributed by atoms with Gasteiger partial charge in [0.1, 0.15) is 4.99 Å². The molecule has 0 saturated heterocycles. The number of halogens is 1. The van der Waals surface area contributed by atoms with Crippen LogP contribution >= 0.6 is 12.2 Å². The minimum absolute atomic E-state index is 0.125.